The molecule has 0 unspecified atom stereocenters. The van der Waals surface area contributed by atoms with Crippen molar-refractivity contribution >= 4 is 162 Å². The van der Waals surface area contributed by atoms with Gasteiger partial charge in [-0.3, -0.25) is 34.6 Å². The summed E-state index contributed by atoms with van der Waals surface area (Å²) in [6.45, 7) is 10.8. The Morgan fingerprint density at radius 2 is 0.969 bits per heavy atom. The summed E-state index contributed by atoms with van der Waals surface area (Å²) in [5.74, 6) is 0.0766. The van der Waals surface area contributed by atoms with Crippen molar-refractivity contribution in [3.05, 3.63) is 236 Å². The molecule has 1 aliphatic heterocycles. The zero-order chi connectivity index (χ0) is 69.0. The van der Waals surface area contributed by atoms with Crippen molar-refractivity contribution in [2.45, 2.75) is 62.0 Å². The van der Waals surface area contributed by atoms with Crippen LogP contribution in [-0.4, -0.2) is 150 Å². The average molecular weight is 1630 g/mol. The first kappa shape index (κ1) is 96.3. The number of hydrogen-bond donors (Lipinski definition) is 4. The third kappa shape index (κ3) is 42.5. The van der Waals surface area contributed by atoms with Crippen LogP contribution >= 0.6 is 63.3 Å². The zero-order valence-electron chi connectivity index (χ0n) is 50.5. The molecule has 1 aliphatic rings. The van der Waals surface area contributed by atoms with E-state index in [9.17, 15) is 59.9 Å². The van der Waals surface area contributed by atoms with Gasteiger partial charge in [0.05, 0.1) is 57.6 Å². The van der Waals surface area contributed by atoms with Crippen molar-refractivity contribution in [2.24, 2.45) is 0 Å². The SMILES string of the molecule is C.C.C.C.CCN(CC)CC.Nc1ccccc1[N+](=O)[O-].O=C(CCl)c1ccccc1.O=C(CNc1ccccc1CS(=O)(=O)CCCl)c1ccccc1.O=C(CNc1ccccc1[N+](=O)[O-])c1ccccc1.O=S(=O)(Cl)CCCl.O=S1(=O)CCNc2ccccc2C1.[2HH].[2HH].[2HH].[2HH].[Cl][Sn][Cl]. The second kappa shape index (κ2) is 54.9. The van der Waals surface area contributed by atoms with E-state index >= 15 is 0 Å². The van der Waals surface area contributed by atoms with Crippen molar-refractivity contribution in [3.8, 4) is 0 Å². The second-order valence-corrected chi connectivity index (χ2v) is 31.1. The molecule has 30 heteroatoms. The minimum absolute atomic E-state index is 0. The van der Waals surface area contributed by atoms with Crippen LogP contribution in [-0.2, 0) is 40.2 Å². The number of nitro groups is 2. The summed E-state index contributed by atoms with van der Waals surface area (Å²) in [5, 5.41) is 29.9. The van der Waals surface area contributed by atoms with Crippen molar-refractivity contribution in [3.63, 3.8) is 0 Å². The van der Waals surface area contributed by atoms with Gasteiger partial charge in [-0.2, -0.15) is 0 Å². The number of benzene rings is 7. The van der Waals surface area contributed by atoms with Crippen LogP contribution in [0, 0.1) is 20.2 Å². The topological polar surface area (TPSA) is 305 Å². The van der Waals surface area contributed by atoms with Gasteiger partial charge < -0.3 is 26.6 Å². The quantitative estimate of drug-likeness (QED) is 0.00988. The second-order valence-electron chi connectivity index (χ2n) is 18.5. The van der Waals surface area contributed by atoms with Gasteiger partial charge in [-0.15, -0.1) is 34.8 Å². The number of nitrogens with zero attached hydrogens (tertiary/aromatic N) is 3. The van der Waals surface area contributed by atoms with E-state index in [0.717, 1.165) is 11.3 Å². The van der Waals surface area contributed by atoms with Crippen molar-refractivity contribution in [2.75, 3.05) is 95.9 Å². The number of fused-ring (bicyclic) bond motifs is 1. The molecular weight excluding hydrogens is 1530 g/mol. The standard InChI is InChI=1S/C17H18ClNO3S.C14H12N2O3.C9H11NO2S.C8H7ClO.C6H6N2O2.C6H15N.C2H4Cl2O2S.4CH4.2ClH.Sn.4H2/c18-10-11-23(21,22)13-15-8-4-5-9-16(15)19-12-17(20)14-6-2-1-3-7-14;17-14(11-6-2-1-3-7-11)10-15-12-8-4-5-9-13(12)16(18)19;11-13(12)6-5-10-9-4-2-1-3-8(9)7-13;9-6-8(10)7-4-2-1-3-5-7;7-5-3-1-2-4-6(5)8(9)10;1-4-7(5-2)6-3;3-1-2-7(4,5)6;;;;;;;;;;;/h1-9,19H,10-13H2;1-9,15H,10H2;1-4,10H,5-7H2;1-5H,6H2;1-4H,7H2;4-6H2,1-3H3;1-2H2;4*1H4;2*1H;;4*1H/q;;;;;;;;;;;;;+2;;;;/p-2/i;;;;;;;;;;;;;;4*1+1. The van der Waals surface area contributed by atoms with Crippen LogP contribution < -0.4 is 21.7 Å². The van der Waals surface area contributed by atoms with Crippen LogP contribution in [0.15, 0.2) is 188 Å². The molecule has 0 spiro atoms. The number of anilines is 4. The predicted octanol–water partition coefficient (Wildman–Crippen LogP) is 17.0. The van der Waals surface area contributed by atoms with Gasteiger partial charge in [0.2, 0.25) is 9.05 Å². The van der Waals surface area contributed by atoms with Crippen LogP contribution in [0.3, 0.4) is 0 Å². The van der Waals surface area contributed by atoms with Gasteiger partial charge in [0.1, 0.15) is 11.4 Å². The number of ketones is 3. The van der Waals surface area contributed by atoms with Crippen LogP contribution in [0.5, 0.6) is 0 Å². The molecule has 7 aromatic rings. The normalized spacial score (nSPS) is 11.0. The Labute approximate surface area is 611 Å². The van der Waals surface area contributed by atoms with Gasteiger partial charge in [-0.05, 0) is 55.0 Å². The Hall–Kier alpha value is -6.10. The summed E-state index contributed by atoms with van der Waals surface area (Å²) in [4.78, 5) is 57.2. The fourth-order valence-corrected chi connectivity index (χ4v) is 11.9. The fourth-order valence-electron chi connectivity index (χ4n) is 7.42. The number of nitrogens with two attached hydrogens (primary N) is 1. The van der Waals surface area contributed by atoms with E-state index in [4.69, 9.17) is 69.1 Å². The molecule has 2 radical (unpaired) electrons. The molecule has 1 heterocycles. The first-order chi connectivity index (χ1) is 43.7. The van der Waals surface area contributed by atoms with Gasteiger partial charge >= 0.3 is 36.7 Å². The van der Waals surface area contributed by atoms with Crippen molar-refractivity contribution in [1.29, 1.82) is 0 Å². The summed E-state index contributed by atoms with van der Waals surface area (Å²) in [6.07, 6.45) is 0. The number of nitro benzene ring substituents is 2. The number of alkyl halides is 3. The number of nitrogen functional groups attached to an aromatic ring is 1. The monoisotopic (exact) mass is 1630 g/mol. The Balaban J connectivity index is -0.000000167. The third-order valence-corrected chi connectivity index (χ3v) is 17.5. The molecule has 96 heavy (non-hydrogen) atoms. The molecule has 7 aromatic carbocycles. The van der Waals surface area contributed by atoms with Crippen LogP contribution in [0.25, 0.3) is 0 Å². The molecular formula is C66H97Cl6N7O13S3Sn. The number of carbonyl (C=O) groups is 3. The first-order valence-electron chi connectivity index (χ1n) is 27.8. The zero-order valence-corrected chi connectivity index (χ0v) is 60.4. The first-order valence-corrected chi connectivity index (χ1v) is 42.7. The Bertz CT molecular complexity index is 3690. The number of Topliss-reactive ketones (excluding diaryl/α,β-unsaturated/α-hetero) is 3. The van der Waals surface area contributed by atoms with E-state index in [1.807, 2.05) is 54.6 Å². The number of rotatable bonds is 21. The number of halogens is 6. The van der Waals surface area contributed by atoms with Crippen molar-refractivity contribution in [1.82, 2.24) is 4.90 Å². The molecule has 0 bridgehead atoms. The van der Waals surface area contributed by atoms with Gasteiger partial charge in [-0.1, -0.05) is 202 Å². The summed E-state index contributed by atoms with van der Waals surface area (Å²) in [6, 6.07) is 53.7. The molecule has 0 saturated carbocycles. The maximum atomic E-state index is 12.1. The molecule has 0 amide bonds. The molecule has 20 nitrogen and oxygen atoms in total. The molecule has 5 N–H and O–H groups in total. The van der Waals surface area contributed by atoms with Crippen molar-refractivity contribution < 1.29 is 55.2 Å². The summed E-state index contributed by atoms with van der Waals surface area (Å²) < 4.78 is 66.5. The maximum absolute atomic E-state index is 12.1. The predicted molar refractivity (Wildman–Crippen MR) is 414 cm³/mol. The molecule has 0 aliphatic carbocycles. The number of hydrogen-bond acceptors (Lipinski definition) is 18. The van der Waals surface area contributed by atoms with E-state index < -0.39 is 57.5 Å². The summed E-state index contributed by atoms with van der Waals surface area (Å²) in [7, 11) is 5.11. The Kier molecular flexibility index (Phi) is 55.0. The van der Waals surface area contributed by atoms with Gasteiger partial charge in [0.15, 0.2) is 37.0 Å². The molecule has 0 atom stereocenters. The van der Waals surface area contributed by atoms with Crippen LogP contribution in [0.2, 0.25) is 0 Å². The summed E-state index contributed by atoms with van der Waals surface area (Å²) in [5.41, 5.74) is 10.7. The minimum atomic E-state index is -3.33. The van der Waals surface area contributed by atoms with E-state index in [-0.39, 0.29) is 129 Å². The van der Waals surface area contributed by atoms with E-state index in [1.54, 1.807) is 115 Å². The average Bonchev–Trinajstić information content (AvgIpc) is 1.31. The van der Waals surface area contributed by atoms with Gasteiger partial charge in [0.25, 0.3) is 11.4 Å². The molecule has 0 saturated heterocycles. The Morgan fingerprint density at radius 3 is 1.36 bits per heavy atom. The molecule has 538 valence electrons. The molecule has 0 aromatic heterocycles. The molecule has 8 rings (SSSR count). The van der Waals surface area contributed by atoms with E-state index in [2.05, 4.69) is 41.6 Å². The number of carbonyl (C=O) groups excluding carboxylic acids is 3. The number of sulfone groups is 2. The van der Waals surface area contributed by atoms with Crippen LogP contribution in [0.1, 0.15) is 98.4 Å². The number of para-hydroxylation sites is 6. The van der Waals surface area contributed by atoms with Crippen LogP contribution in [0.4, 0.5) is 34.1 Å². The van der Waals surface area contributed by atoms with Gasteiger partial charge in [-0.25, -0.2) is 25.3 Å². The summed E-state index contributed by atoms with van der Waals surface area (Å²) >= 11 is 15.1. The molecule has 0 fully saturated rings. The van der Waals surface area contributed by atoms with E-state index in [0.29, 0.717) is 40.2 Å². The number of nitrogens with one attached hydrogen (secondary N) is 3. The fraction of sp³-hybridized carbons (Fsp3) is 0.318. The third-order valence-electron chi connectivity index (χ3n) is 12.1. The van der Waals surface area contributed by atoms with E-state index in [1.165, 1.54) is 37.8 Å². The Morgan fingerprint density at radius 1 is 0.583 bits per heavy atom. The van der Waals surface area contributed by atoms with Gasteiger partial charge in [0, 0.05) is 74.9 Å².